The molecule has 0 aromatic heterocycles. The van der Waals surface area contributed by atoms with Crippen LogP contribution in [0.3, 0.4) is 0 Å². The average Bonchev–Trinajstić information content (AvgIpc) is 2.42. The van der Waals surface area contributed by atoms with Gasteiger partial charge in [0.1, 0.15) is 0 Å². The smallest absolute Gasteiger partial charge is 0.269 e. The summed E-state index contributed by atoms with van der Waals surface area (Å²) in [5.41, 5.74) is 1.46. The predicted octanol–water partition coefficient (Wildman–Crippen LogP) is 3.19. The van der Waals surface area contributed by atoms with Gasteiger partial charge in [-0.25, -0.2) is 0 Å². The minimum atomic E-state index is -0.438. The first-order chi connectivity index (χ1) is 9.17. The molecule has 1 rings (SSSR count). The van der Waals surface area contributed by atoms with E-state index in [2.05, 4.69) is 4.99 Å². The number of nitrogens with zero attached hydrogens (tertiary/aromatic N) is 3. The highest BCUT2D eigenvalue weighted by atomic mass is 16.6. The van der Waals surface area contributed by atoms with Crippen LogP contribution in [0.25, 0.3) is 0 Å². The molecule has 1 aromatic rings. The number of hydrogen-bond acceptors (Lipinski definition) is 4. The summed E-state index contributed by atoms with van der Waals surface area (Å²) in [6.07, 6.45) is 6.64. The van der Waals surface area contributed by atoms with Crippen molar-refractivity contribution in [2.45, 2.75) is 13.5 Å². The maximum absolute atomic E-state index is 10.5. The molecule has 5 heteroatoms. The van der Waals surface area contributed by atoms with Gasteiger partial charge in [-0.2, -0.15) is 5.26 Å². The van der Waals surface area contributed by atoms with E-state index >= 15 is 0 Å². The molecule has 0 heterocycles. The second-order valence-corrected chi connectivity index (χ2v) is 3.65. The van der Waals surface area contributed by atoms with E-state index in [4.69, 9.17) is 5.26 Å². The summed E-state index contributed by atoms with van der Waals surface area (Å²) < 4.78 is 0. The third kappa shape index (κ3) is 4.96. The lowest BCUT2D eigenvalue weighted by Crippen LogP contribution is -1.88. The molecule has 96 valence electrons. The van der Waals surface area contributed by atoms with E-state index in [0.717, 1.165) is 5.56 Å². The first-order valence-electron chi connectivity index (χ1n) is 5.63. The van der Waals surface area contributed by atoms with Crippen LogP contribution in [0, 0.1) is 21.4 Å². The van der Waals surface area contributed by atoms with Crippen molar-refractivity contribution in [3.05, 3.63) is 63.7 Å². The number of rotatable bonds is 5. The van der Waals surface area contributed by atoms with E-state index in [9.17, 15) is 10.1 Å². The Morgan fingerprint density at radius 2 is 2.16 bits per heavy atom. The molecule has 0 aliphatic heterocycles. The van der Waals surface area contributed by atoms with Gasteiger partial charge >= 0.3 is 0 Å². The van der Waals surface area contributed by atoms with Gasteiger partial charge in [0, 0.05) is 18.3 Å². The van der Waals surface area contributed by atoms with Crippen LogP contribution in [0.15, 0.2) is 53.1 Å². The minimum absolute atomic E-state index is 0.0625. The highest BCUT2D eigenvalue weighted by Crippen LogP contribution is 2.12. The van der Waals surface area contributed by atoms with Crippen LogP contribution in [-0.2, 0) is 6.54 Å². The van der Waals surface area contributed by atoms with Gasteiger partial charge in [0.25, 0.3) is 5.69 Å². The number of aliphatic imine (C=N–C) groups is 1. The molecule has 1 aromatic carbocycles. The maximum Gasteiger partial charge on any atom is 0.269 e. The number of benzene rings is 1. The molecule has 19 heavy (non-hydrogen) atoms. The van der Waals surface area contributed by atoms with Crippen molar-refractivity contribution in [2.75, 3.05) is 0 Å². The van der Waals surface area contributed by atoms with E-state index < -0.39 is 4.92 Å². The Morgan fingerprint density at radius 1 is 1.47 bits per heavy atom. The fourth-order valence-electron chi connectivity index (χ4n) is 1.32. The van der Waals surface area contributed by atoms with Crippen molar-refractivity contribution in [1.82, 2.24) is 0 Å². The third-order valence-electron chi connectivity index (χ3n) is 2.26. The summed E-state index contributed by atoms with van der Waals surface area (Å²) in [5, 5.41) is 19.2. The SMILES string of the molecule is C/C=C\C(C#N)=C/C=NCc1ccc([N+](=O)[O-])cc1. The van der Waals surface area contributed by atoms with Crippen LogP contribution in [0.1, 0.15) is 12.5 Å². The van der Waals surface area contributed by atoms with Crippen LogP contribution in [0.4, 0.5) is 5.69 Å². The number of hydrogen-bond donors (Lipinski definition) is 0. The lowest BCUT2D eigenvalue weighted by Gasteiger charge is -1.95. The van der Waals surface area contributed by atoms with Crippen molar-refractivity contribution < 1.29 is 4.92 Å². The van der Waals surface area contributed by atoms with Crippen LogP contribution < -0.4 is 0 Å². The first-order valence-corrected chi connectivity index (χ1v) is 5.63. The average molecular weight is 255 g/mol. The molecule has 0 bridgehead atoms. The number of non-ortho nitro benzene ring substituents is 1. The summed E-state index contributed by atoms with van der Waals surface area (Å²) in [4.78, 5) is 14.2. The summed E-state index contributed by atoms with van der Waals surface area (Å²) >= 11 is 0. The molecule has 0 atom stereocenters. The fraction of sp³-hybridized carbons (Fsp3) is 0.143. The molecule has 0 saturated heterocycles. The molecular formula is C14H13N3O2. The molecular weight excluding hydrogens is 242 g/mol. The van der Waals surface area contributed by atoms with Crippen LogP contribution in [-0.4, -0.2) is 11.1 Å². The van der Waals surface area contributed by atoms with Gasteiger partial charge in [-0.1, -0.05) is 18.2 Å². The van der Waals surface area contributed by atoms with Gasteiger partial charge in [-0.15, -0.1) is 0 Å². The van der Waals surface area contributed by atoms with E-state index in [1.54, 1.807) is 36.6 Å². The van der Waals surface area contributed by atoms with Gasteiger partial charge in [0.15, 0.2) is 0 Å². The predicted molar refractivity (Wildman–Crippen MR) is 73.8 cm³/mol. The Labute approximate surface area is 111 Å². The van der Waals surface area contributed by atoms with Crippen molar-refractivity contribution in [3.8, 4) is 6.07 Å². The first kappa shape index (κ1) is 14.3. The summed E-state index contributed by atoms with van der Waals surface area (Å²) in [6.45, 7) is 2.25. The molecule has 0 N–H and O–H groups in total. The van der Waals surface area contributed by atoms with Gasteiger partial charge < -0.3 is 0 Å². The van der Waals surface area contributed by atoms with Crippen LogP contribution >= 0.6 is 0 Å². The Bertz CT molecular complexity index is 563. The molecule has 0 spiro atoms. The maximum atomic E-state index is 10.5. The van der Waals surface area contributed by atoms with Crippen molar-refractivity contribution in [2.24, 2.45) is 4.99 Å². The minimum Gasteiger partial charge on any atom is -0.288 e. The molecule has 0 unspecified atom stereocenters. The van der Waals surface area contributed by atoms with Crippen molar-refractivity contribution in [1.29, 1.82) is 5.26 Å². The highest BCUT2D eigenvalue weighted by Gasteiger charge is 2.02. The zero-order valence-electron chi connectivity index (χ0n) is 10.5. The van der Waals surface area contributed by atoms with E-state index in [1.165, 1.54) is 12.1 Å². The normalized spacial score (nSPS) is 11.9. The zero-order chi connectivity index (χ0) is 14.1. The van der Waals surface area contributed by atoms with Gasteiger partial charge in [-0.3, -0.25) is 15.1 Å². The Kier molecular flexibility index (Phi) is 5.70. The molecule has 0 radical (unpaired) electrons. The Balaban J connectivity index is 2.62. The largest absolute Gasteiger partial charge is 0.288 e. The summed E-state index contributed by atoms with van der Waals surface area (Å²) in [7, 11) is 0. The summed E-state index contributed by atoms with van der Waals surface area (Å²) in [6, 6.07) is 8.25. The second kappa shape index (κ2) is 7.56. The lowest BCUT2D eigenvalue weighted by molar-refractivity contribution is -0.384. The highest BCUT2D eigenvalue weighted by molar-refractivity contribution is 5.74. The number of nitriles is 1. The van der Waals surface area contributed by atoms with Crippen LogP contribution in [0.5, 0.6) is 0 Å². The van der Waals surface area contributed by atoms with Crippen molar-refractivity contribution in [3.63, 3.8) is 0 Å². The number of allylic oxidation sites excluding steroid dienone is 4. The van der Waals surface area contributed by atoms with Gasteiger partial charge in [0.05, 0.1) is 23.1 Å². The van der Waals surface area contributed by atoms with Gasteiger partial charge in [-0.05, 0) is 24.6 Å². The monoisotopic (exact) mass is 255 g/mol. The number of nitro benzene ring substituents is 1. The van der Waals surface area contributed by atoms with E-state index in [0.29, 0.717) is 12.1 Å². The molecule has 0 amide bonds. The second-order valence-electron chi connectivity index (χ2n) is 3.65. The summed E-state index contributed by atoms with van der Waals surface area (Å²) in [5.74, 6) is 0. The van der Waals surface area contributed by atoms with E-state index in [-0.39, 0.29) is 5.69 Å². The lowest BCUT2D eigenvalue weighted by atomic mass is 10.2. The topological polar surface area (TPSA) is 79.3 Å². The molecule has 0 aliphatic rings. The molecule has 0 saturated carbocycles. The Morgan fingerprint density at radius 3 is 2.68 bits per heavy atom. The third-order valence-corrected chi connectivity index (χ3v) is 2.26. The van der Waals surface area contributed by atoms with Crippen molar-refractivity contribution >= 4 is 11.9 Å². The molecule has 0 aliphatic carbocycles. The number of nitro groups is 1. The molecule has 5 nitrogen and oxygen atoms in total. The Hall–Kier alpha value is -2.74. The zero-order valence-corrected chi connectivity index (χ0v) is 10.5. The standard InChI is InChI=1S/C14H13N3O2/c1-2-3-12(10-15)8-9-16-11-13-4-6-14(7-5-13)17(18)19/h2-9H,11H2,1H3/b3-2-,12-8+,16-9?. The fourth-order valence-corrected chi connectivity index (χ4v) is 1.32. The van der Waals surface area contributed by atoms with Gasteiger partial charge in [0.2, 0.25) is 0 Å². The quantitative estimate of drug-likeness (QED) is 0.266. The van der Waals surface area contributed by atoms with Crippen LogP contribution in [0.2, 0.25) is 0 Å². The molecule has 0 fully saturated rings. The van der Waals surface area contributed by atoms with E-state index in [1.807, 2.05) is 13.0 Å².